The maximum Gasteiger partial charge on any atom is 0.342 e. The number of non-ortho nitro benzene ring substituents is 1. The van der Waals surface area contributed by atoms with Crippen LogP contribution in [-0.4, -0.2) is 74.8 Å². The maximum atomic E-state index is 13.7. The highest BCUT2D eigenvalue weighted by atomic mass is 16.6. The van der Waals surface area contributed by atoms with Gasteiger partial charge in [-0.3, -0.25) is 19.7 Å². The van der Waals surface area contributed by atoms with E-state index in [2.05, 4.69) is 9.97 Å². The number of nitro benzene ring substituents is 1. The van der Waals surface area contributed by atoms with Crippen molar-refractivity contribution in [2.45, 2.75) is 26.8 Å². The predicted octanol–water partition coefficient (Wildman–Crippen LogP) is 3.52. The predicted molar refractivity (Wildman–Crippen MR) is 138 cm³/mol. The Morgan fingerprint density at radius 2 is 1.71 bits per heavy atom. The van der Waals surface area contributed by atoms with Crippen LogP contribution >= 0.6 is 0 Å². The monoisotopic (exact) mass is 517 g/mol. The van der Waals surface area contributed by atoms with Crippen LogP contribution < -0.4 is 0 Å². The van der Waals surface area contributed by atoms with Crippen LogP contribution in [0.4, 0.5) is 5.69 Å². The van der Waals surface area contributed by atoms with Gasteiger partial charge in [-0.1, -0.05) is 30.3 Å². The van der Waals surface area contributed by atoms with Crippen molar-refractivity contribution < 1.29 is 24.0 Å². The van der Waals surface area contributed by atoms with E-state index in [1.54, 1.807) is 35.8 Å². The molecule has 2 aromatic carbocycles. The lowest BCUT2D eigenvalue weighted by molar-refractivity contribution is -0.384. The number of amides is 2. The number of nitrogens with zero attached hydrogens (tertiary/aromatic N) is 5. The maximum absolute atomic E-state index is 13.7. The van der Waals surface area contributed by atoms with Crippen molar-refractivity contribution in [3.8, 4) is 11.3 Å². The van der Waals surface area contributed by atoms with Crippen LogP contribution in [0.25, 0.3) is 11.3 Å². The quantitative estimate of drug-likeness (QED) is 0.275. The van der Waals surface area contributed by atoms with Crippen LogP contribution in [0.1, 0.15) is 50.9 Å². The number of hydrogen-bond donors (Lipinski definition) is 0. The van der Waals surface area contributed by atoms with Crippen molar-refractivity contribution in [1.29, 1.82) is 0 Å². The van der Waals surface area contributed by atoms with Crippen LogP contribution in [0.3, 0.4) is 0 Å². The SMILES string of the molecule is CCOC(=O)c1c(C(=O)N2CCN(C(=O)c3ccc([N+](=O)[O-])cc3)C(C)C2)nc(C)nc1-c1ccccc1. The summed E-state index contributed by atoms with van der Waals surface area (Å²) in [6.45, 7) is 5.94. The first-order chi connectivity index (χ1) is 18.2. The molecule has 38 heavy (non-hydrogen) atoms. The second-order valence-electron chi connectivity index (χ2n) is 8.83. The third kappa shape index (κ3) is 5.36. The average Bonchev–Trinajstić information content (AvgIpc) is 2.92. The summed E-state index contributed by atoms with van der Waals surface area (Å²) in [6, 6.07) is 14.1. The topological polar surface area (TPSA) is 136 Å². The van der Waals surface area contributed by atoms with Gasteiger partial charge >= 0.3 is 5.97 Å². The molecule has 0 aliphatic carbocycles. The van der Waals surface area contributed by atoms with Crippen molar-refractivity contribution in [2.75, 3.05) is 26.2 Å². The fourth-order valence-electron chi connectivity index (χ4n) is 4.41. The zero-order valence-corrected chi connectivity index (χ0v) is 21.3. The van der Waals surface area contributed by atoms with E-state index in [-0.39, 0.29) is 55.1 Å². The molecule has 1 unspecified atom stereocenters. The molecular weight excluding hydrogens is 490 g/mol. The number of ether oxygens (including phenoxy) is 1. The van der Waals surface area contributed by atoms with Gasteiger partial charge in [-0.15, -0.1) is 0 Å². The standard InChI is InChI=1S/C27H27N5O6/c1-4-38-27(35)22-23(19-8-6-5-7-9-19)28-18(3)29-24(22)26(34)30-14-15-31(17(2)16-30)25(33)20-10-12-21(13-11-20)32(36)37/h5-13,17H,4,14-16H2,1-3H3. The van der Waals surface area contributed by atoms with Gasteiger partial charge < -0.3 is 14.5 Å². The van der Waals surface area contributed by atoms with Crippen LogP contribution in [0.2, 0.25) is 0 Å². The molecule has 1 aliphatic rings. The third-order valence-electron chi connectivity index (χ3n) is 6.25. The molecule has 0 bridgehead atoms. The number of carbonyl (C=O) groups is 3. The van der Waals surface area contributed by atoms with Crippen molar-refractivity contribution in [3.05, 3.63) is 87.4 Å². The van der Waals surface area contributed by atoms with E-state index in [1.165, 1.54) is 24.3 Å². The van der Waals surface area contributed by atoms with Gasteiger partial charge in [0.25, 0.3) is 17.5 Å². The molecule has 2 heterocycles. The molecule has 0 saturated carbocycles. The number of rotatable bonds is 6. The van der Waals surface area contributed by atoms with Gasteiger partial charge in [0.1, 0.15) is 17.1 Å². The molecule has 0 N–H and O–H groups in total. The molecule has 1 atom stereocenters. The number of benzene rings is 2. The molecule has 1 aliphatic heterocycles. The number of esters is 1. The fourth-order valence-corrected chi connectivity index (χ4v) is 4.41. The molecule has 11 heteroatoms. The Balaban J connectivity index is 1.60. The van der Waals surface area contributed by atoms with E-state index in [0.29, 0.717) is 22.6 Å². The molecule has 1 aromatic heterocycles. The largest absolute Gasteiger partial charge is 0.462 e. The van der Waals surface area contributed by atoms with Gasteiger partial charge in [0.2, 0.25) is 0 Å². The summed E-state index contributed by atoms with van der Waals surface area (Å²) in [7, 11) is 0. The van der Waals surface area contributed by atoms with Gasteiger partial charge in [0, 0.05) is 48.9 Å². The van der Waals surface area contributed by atoms with Gasteiger partial charge in [0.15, 0.2) is 0 Å². The summed E-state index contributed by atoms with van der Waals surface area (Å²) >= 11 is 0. The van der Waals surface area contributed by atoms with Crippen LogP contribution in [0, 0.1) is 17.0 Å². The zero-order valence-electron chi connectivity index (χ0n) is 21.3. The number of piperazine rings is 1. The minimum Gasteiger partial charge on any atom is -0.462 e. The van der Waals surface area contributed by atoms with Gasteiger partial charge in [0.05, 0.1) is 17.2 Å². The van der Waals surface area contributed by atoms with Crippen LogP contribution in [-0.2, 0) is 4.74 Å². The number of nitro groups is 1. The van der Waals surface area contributed by atoms with E-state index in [4.69, 9.17) is 4.74 Å². The third-order valence-corrected chi connectivity index (χ3v) is 6.25. The average molecular weight is 518 g/mol. The smallest absolute Gasteiger partial charge is 0.342 e. The van der Waals surface area contributed by atoms with E-state index in [1.807, 2.05) is 25.1 Å². The molecule has 1 saturated heterocycles. The first-order valence-corrected chi connectivity index (χ1v) is 12.2. The van der Waals surface area contributed by atoms with Crippen LogP contribution in [0.15, 0.2) is 54.6 Å². The Kier molecular flexibility index (Phi) is 7.75. The lowest BCUT2D eigenvalue weighted by Crippen LogP contribution is -2.55. The highest BCUT2D eigenvalue weighted by molar-refractivity contribution is 6.07. The Morgan fingerprint density at radius 1 is 1.03 bits per heavy atom. The van der Waals surface area contributed by atoms with E-state index < -0.39 is 16.8 Å². The minimum absolute atomic E-state index is 0.00527. The van der Waals surface area contributed by atoms with Crippen molar-refractivity contribution in [1.82, 2.24) is 19.8 Å². The number of aromatic nitrogens is 2. The summed E-state index contributed by atoms with van der Waals surface area (Å²) in [5.74, 6) is -1.09. The Labute approximate surface area is 219 Å². The van der Waals surface area contributed by atoms with Gasteiger partial charge in [-0.2, -0.15) is 0 Å². The summed E-state index contributed by atoms with van der Waals surface area (Å²) in [5, 5.41) is 10.9. The Hall–Kier alpha value is -4.67. The van der Waals surface area contributed by atoms with Gasteiger partial charge in [-0.25, -0.2) is 14.8 Å². The molecule has 0 radical (unpaired) electrons. The van der Waals surface area contributed by atoms with Crippen molar-refractivity contribution in [2.24, 2.45) is 0 Å². The highest BCUT2D eigenvalue weighted by Crippen LogP contribution is 2.27. The Bertz CT molecular complexity index is 1380. The molecule has 4 rings (SSSR count). The first kappa shape index (κ1) is 26.4. The molecule has 2 amide bonds. The minimum atomic E-state index is -0.685. The molecule has 196 valence electrons. The van der Waals surface area contributed by atoms with Crippen molar-refractivity contribution >= 4 is 23.5 Å². The molecular formula is C27H27N5O6. The number of hydrogen-bond acceptors (Lipinski definition) is 8. The molecule has 11 nitrogen and oxygen atoms in total. The molecule has 1 fully saturated rings. The summed E-state index contributed by atoms with van der Waals surface area (Å²) in [4.78, 5) is 62.2. The highest BCUT2D eigenvalue weighted by Gasteiger charge is 2.34. The lowest BCUT2D eigenvalue weighted by atomic mass is 10.0. The van der Waals surface area contributed by atoms with Crippen molar-refractivity contribution in [3.63, 3.8) is 0 Å². The summed E-state index contributed by atoms with van der Waals surface area (Å²) < 4.78 is 5.27. The zero-order chi connectivity index (χ0) is 27.4. The summed E-state index contributed by atoms with van der Waals surface area (Å²) in [6.07, 6.45) is 0. The fraction of sp³-hybridized carbons (Fsp3) is 0.296. The lowest BCUT2D eigenvalue weighted by Gasteiger charge is -2.40. The second kappa shape index (κ2) is 11.2. The number of carbonyl (C=O) groups excluding carboxylic acids is 3. The summed E-state index contributed by atoms with van der Waals surface area (Å²) in [5.41, 5.74) is 1.16. The normalized spacial score (nSPS) is 15.2. The van der Waals surface area contributed by atoms with Gasteiger partial charge in [-0.05, 0) is 32.9 Å². The second-order valence-corrected chi connectivity index (χ2v) is 8.83. The van der Waals surface area contributed by atoms with E-state index in [9.17, 15) is 24.5 Å². The van der Waals surface area contributed by atoms with E-state index in [0.717, 1.165) is 0 Å². The van der Waals surface area contributed by atoms with Crippen LogP contribution in [0.5, 0.6) is 0 Å². The number of aryl methyl sites for hydroxylation is 1. The molecule has 3 aromatic rings. The first-order valence-electron chi connectivity index (χ1n) is 12.2. The Morgan fingerprint density at radius 3 is 2.32 bits per heavy atom. The molecule has 0 spiro atoms. The van der Waals surface area contributed by atoms with E-state index >= 15 is 0 Å².